The van der Waals surface area contributed by atoms with Crippen molar-refractivity contribution in [3.05, 3.63) is 53.1 Å². The molecule has 1 N–H and O–H groups in total. The first-order valence-electron chi connectivity index (χ1n) is 8.90. The van der Waals surface area contributed by atoms with Gasteiger partial charge in [-0.2, -0.15) is 11.8 Å². The minimum Gasteiger partial charge on any atom is -0.367 e. The molecule has 0 radical (unpaired) electrons. The van der Waals surface area contributed by atoms with E-state index in [9.17, 15) is 8.78 Å². The molecule has 25 heavy (non-hydrogen) atoms. The molecular formula is C20H20F2N2S. The lowest BCUT2D eigenvalue weighted by Gasteiger charge is -2.33. The van der Waals surface area contributed by atoms with E-state index < -0.39 is 11.6 Å². The molecule has 1 fully saturated rings. The number of rotatable bonds is 1. The zero-order valence-electron chi connectivity index (χ0n) is 13.9. The van der Waals surface area contributed by atoms with E-state index in [-0.39, 0.29) is 5.56 Å². The van der Waals surface area contributed by atoms with Crippen LogP contribution in [-0.4, -0.2) is 31.4 Å². The summed E-state index contributed by atoms with van der Waals surface area (Å²) in [6, 6.07) is 8.69. The SMILES string of the molecule is Fc1cccc(F)c1-c1cc2c3c(c1)[C@@H]1CNCC[C@@H]1N3CCSC2. The van der Waals surface area contributed by atoms with Crippen LogP contribution in [0.2, 0.25) is 0 Å². The van der Waals surface area contributed by atoms with Crippen LogP contribution in [-0.2, 0) is 5.75 Å². The standard InChI is InChI=1S/C20H20F2N2S/c21-16-2-1-3-17(22)19(16)12-8-13-11-25-7-6-24-18-4-5-23-10-15(18)14(9-12)20(13)24/h1-3,8-9,15,18,23H,4-7,10-11H2/t15-,18-/m0/s1. The molecular weight excluding hydrogens is 338 g/mol. The maximum Gasteiger partial charge on any atom is 0.133 e. The van der Waals surface area contributed by atoms with E-state index in [1.54, 1.807) is 0 Å². The number of benzene rings is 2. The third kappa shape index (κ3) is 2.40. The van der Waals surface area contributed by atoms with Gasteiger partial charge in [0.15, 0.2) is 0 Å². The van der Waals surface area contributed by atoms with Gasteiger partial charge in [0.2, 0.25) is 0 Å². The Bertz CT molecular complexity index is 818. The lowest BCUT2D eigenvalue weighted by atomic mass is 9.88. The van der Waals surface area contributed by atoms with E-state index in [2.05, 4.69) is 10.2 Å². The molecule has 2 aromatic carbocycles. The van der Waals surface area contributed by atoms with E-state index in [4.69, 9.17) is 0 Å². The first-order valence-corrected chi connectivity index (χ1v) is 10.1. The summed E-state index contributed by atoms with van der Waals surface area (Å²) in [7, 11) is 0. The van der Waals surface area contributed by atoms with Crippen molar-refractivity contribution in [2.45, 2.75) is 24.1 Å². The summed E-state index contributed by atoms with van der Waals surface area (Å²) in [5.74, 6) is 1.47. The lowest BCUT2D eigenvalue weighted by molar-refractivity contribution is 0.406. The quantitative estimate of drug-likeness (QED) is 0.825. The molecule has 5 heteroatoms. The molecule has 3 aliphatic heterocycles. The van der Waals surface area contributed by atoms with Crippen molar-refractivity contribution in [1.29, 1.82) is 0 Å². The first-order chi connectivity index (χ1) is 12.2. The number of nitrogens with one attached hydrogen (secondary N) is 1. The average molecular weight is 358 g/mol. The highest BCUT2D eigenvalue weighted by Gasteiger charge is 2.41. The topological polar surface area (TPSA) is 15.3 Å². The Morgan fingerprint density at radius 3 is 2.84 bits per heavy atom. The van der Waals surface area contributed by atoms with Crippen LogP contribution >= 0.6 is 11.8 Å². The largest absolute Gasteiger partial charge is 0.367 e. The normalized spacial score (nSPS) is 24.6. The van der Waals surface area contributed by atoms with Crippen LogP contribution in [0.5, 0.6) is 0 Å². The summed E-state index contributed by atoms with van der Waals surface area (Å²) in [6.07, 6.45) is 1.13. The first kappa shape index (κ1) is 15.6. The van der Waals surface area contributed by atoms with Gasteiger partial charge in [0.25, 0.3) is 0 Å². The molecule has 0 unspecified atom stereocenters. The molecule has 0 spiro atoms. The summed E-state index contributed by atoms with van der Waals surface area (Å²) in [6.45, 7) is 3.06. The third-order valence-electron chi connectivity index (χ3n) is 5.74. The molecule has 130 valence electrons. The lowest BCUT2D eigenvalue weighted by Crippen LogP contribution is -2.44. The number of anilines is 1. The van der Waals surface area contributed by atoms with E-state index in [1.807, 2.05) is 23.9 Å². The van der Waals surface area contributed by atoms with Gasteiger partial charge in [-0.3, -0.25) is 0 Å². The Morgan fingerprint density at radius 1 is 1.16 bits per heavy atom. The zero-order chi connectivity index (χ0) is 17.0. The second-order valence-corrected chi connectivity index (χ2v) is 8.19. The number of piperidine rings is 1. The van der Waals surface area contributed by atoms with Gasteiger partial charge in [-0.25, -0.2) is 8.78 Å². The van der Waals surface area contributed by atoms with Crippen LogP contribution in [0.4, 0.5) is 14.5 Å². The molecule has 5 rings (SSSR count). The molecule has 0 aliphatic carbocycles. The Kier molecular flexibility index (Phi) is 3.75. The average Bonchev–Trinajstić information content (AvgIpc) is 2.77. The summed E-state index contributed by atoms with van der Waals surface area (Å²) in [5.41, 5.74) is 4.62. The molecule has 0 bridgehead atoms. The number of nitrogens with zero attached hydrogens (tertiary/aromatic N) is 1. The van der Waals surface area contributed by atoms with Gasteiger partial charge in [-0.1, -0.05) is 6.07 Å². The molecule has 3 aliphatic rings. The predicted molar refractivity (Wildman–Crippen MR) is 99.3 cm³/mol. The Hall–Kier alpha value is -1.59. The molecule has 0 aromatic heterocycles. The van der Waals surface area contributed by atoms with Crippen molar-refractivity contribution in [1.82, 2.24) is 5.32 Å². The number of thioether (sulfide) groups is 1. The van der Waals surface area contributed by atoms with Crippen LogP contribution in [0.3, 0.4) is 0 Å². The van der Waals surface area contributed by atoms with Gasteiger partial charge in [-0.15, -0.1) is 0 Å². The summed E-state index contributed by atoms with van der Waals surface area (Å²) >= 11 is 1.91. The Balaban J connectivity index is 1.72. The highest BCUT2D eigenvalue weighted by atomic mass is 32.2. The second-order valence-electron chi connectivity index (χ2n) is 7.08. The second kappa shape index (κ2) is 5.99. The number of halogens is 2. The number of hydrogen-bond donors (Lipinski definition) is 1. The monoisotopic (exact) mass is 358 g/mol. The molecule has 2 aromatic rings. The van der Waals surface area contributed by atoms with Gasteiger partial charge < -0.3 is 10.2 Å². The van der Waals surface area contributed by atoms with Crippen molar-refractivity contribution < 1.29 is 8.78 Å². The van der Waals surface area contributed by atoms with E-state index >= 15 is 0 Å². The van der Waals surface area contributed by atoms with Crippen molar-refractivity contribution in [2.24, 2.45) is 0 Å². The molecule has 1 saturated heterocycles. The van der Waals surface area contributed by atoms with Gasteiger partial charge in [0.05, 0.1) is 5.56 Å². The van der Waals surface area contributed by atoms with Crippen LogP contribution in [0.1, 0.15) is 23.5 Å². The smallest absolute Gasteiger partial charge is 0.133 e. The summed E-state index contributed by atoms with van der Waals surface area (Å²) < 4.78 is 28.7. The van der Waals surface area contributed by atoms with Crippen LogP contribution in [0, 0.1) is 11.6 Å². The maximum atomic E-state index is 14.4. The predicted octanol–water partition coefficient (Wildman–Crippen LogP) is 4.14. The van der Waals surface area contributed by atoms with E-state index in [1.165, 1.54) is 35.0 Å². The van der Waals surface area contributed by atoms with E-state index in [0.717, 1.165) is 37.6 Å². The fourth-order valence-electron chi connectivity index (χ4n) is 4.70. The van der Waals surface area contributed by atoms with Crippen molar-refractivity contribution >= 4 is 17.4 Å². The maximum absolute atomic E-state index is 14.4. The molecule has 2 atom stereocenters. The molecule has 0 amide bonds. The van der Waals surface area contributed by atoms with Gasteiger partial charge >= 0.3 is 0 Å². The fourth-order valence-corrected chi connectivity index (χ4v) is 5.61. The highest BCUT2D eigenvalue weighted by Crippen LogP contribution is 2.49. The minimum atomic E-state index is -0.485. The Morgan fingerprint density at radius 2 is 2.00 bits per heavy atom. The van der Waals surface area contributed by atoms with Crippen molar-refractivity contribution in [3.63, 3.8) is 0 Å². The van der Waals surface area contributed by atoms with Gasteiger partial charge in [0, 0.05) is 42.2 Å². The van der Waals surface area contributed by atoms with Gasteiger partial charge in [-0.05, 0) is 53.9 Å². The van der Waals surface area contributed by atoms with Crippen molar-refractivity contribution in [3.8, 4) is 11.1 Å². The minimum absolute atomic E-state index is 0.106. The summed E-state index contributed by atoms with van der Waals surface area (Å²) in [4.78, 5) is 2.57. The van der Waals surface area contributed by atoms with Crippen molar-refractivity contribution in [2.75, 3.05) is 30.3 Å². The van der Waals surface area contributed by atoms with Crippen LogP contribution in [0.25, 0.3) is 11.1 Å². The number of hydrogen-bond acceptors (Lipinski definition) is 3. The van der Waals surface area contributed by atoms with Crippen LogP contribution < -0.4 is 10.2 Å². The zero-order valence-corrected chi connectivity index (χ0v) is 14.7. The molecule has 3 heterocycles. The van der Waals surface area contributed by atoms with Gasteiger partial charge in [0.1, 0.15) is 11.6 Å². The number of fused-ring (bicyclic) bond motifs is 3. The Labute approximate surface area is 150 Å². The molecule has 0 saturated carbocycles. The highest BCUT2D eigenvalue weighted by molar-refractivity contribution is 7.98. The molecule has 2 nitrogen and oxygen atoms in total. The van der Waals surface area contributed by atoms with Crippen LogP contribution in [0.15, 0.2) is 30.3 Å². The van der Waals surface area contributed by atoms with E-state index in [0.29, 0.717) is 17.5 Å². The third-order valence-corrected chi connectivity index (χ3v) is 6.72. The summed E-state index contributed by atoms with van der Waals surface area (Å²) in [5, 5.41) is 3.50. The fraction of sp³-hybridized carbons (Fsp3) is 0.400.